The number of fused-ring (bicyclic) bond motifs is 1. The number of para-hydroxylation sites is 1. The van der Waals surface area contributed by atoms with Gasteiger partial charge in [0.15, 0.2) is 0 Å². The molecule has 0 saturated carbocycles. The van der Waals surface area contributed by atoms with Gasteiger partial charge in [0, 0.05) is 5.39 Å². The fourth-order valence-corrected chi connectivity index (χ4v) is 1.66. The summed E-state index contributed by atoms with van der Waals surface area (Å²) in [5, 5.41) is 0.758. The fourth-order valence-electron chi connectivity index (χ4n) is 1.66. The molecule has 0 aliphatic rings. The number of hydrogen-bond donors (Lipinski definition) is 1. The minimum atomic E-state index is -0.475. The summed E-state index contributed by atoms with van der Waals surface area (Å²) >= 11 is 0. The molecule has 1 aromatic heterocycles. The van der Waals surface area contributed by atoms with E-state index in [-0.39, 0.29) is 0 Å². The molecule has 0 fully saturated rings. The van der Waals surface area contributed by atoms with Crippen LogP contribution in [0.25, 0.3) is 10.9 Å². The highest BCUT2D eigenvalue weighted by atomic mass is 16.5. The first kappa shape index (κ1) is 11.2. The van der Waals surface area contributed by atoms with Gasteiger partial charge in [-0.05, 0) is 12.1 Å². The monoisotopic (exact) mass is 233 g/mol. The molecule has 17 heavy (non-hydrogen) atoms. The molecule has 0 unspecified atom stereocenters. The van der Waals surface area contributed by atoms with Crippen molar-refractivity contribution in [3.63, 3.8) is 0 Å². The van der Waals surface area contributed by atoms with E-state index in [0.29, 0.717) is 16.8 Å². The number of H-pyrrole nitrogens is 1. The van der Waals surface area contributed by atoms with Crippen LogP contribution in [0.2, 0.25) is 0 Å². The van der Waals surface area contributed by atoms with Gasteiger partial charge in [-0.1, -0.05) is 12.1 Å². The fraction of sp³-hybridized carbons (Fsp3) is 0.167. The second kappa shape index (κ2) is 4.29. The Morgan fingerprint density at radius 2 is 1.82 bits per heavy atom. The van der Waals surface area contributed by atoms with E-state index in [1.807, 2.05) is 0 Å². The lowest BCUT2D eigenvalue weighted by atomic mass is 10.1. The van der Waals surface area contributed by atoms with Gasteiger partial charge in [-0.2, -0.15) is 0 Å². The van der Waals surface area contributed by atoms with Crippen LogP contribution in [-0.2, 0) is 9.47 Å². The van der Waals surface area contributed by atoms with Crippen LogP contribution in [0.5, 0.6) is 0 Å². The number of ether oxygens (including phenoxy) is 2. The van der Waals surface area contributed by atoms with Gasteiger partial charge in [-0.3, -0.25) is 0 Å². The Morgan fingerprint density at radius 3 is 2.47 bits per heavy atom. The number of hydrogen-bond acceptors (Lipinski definition) is 4. The van der Waals surface area contributed by atoms with Gasteiger partial charge in [0.25, 0.3) is 0 Å². The zero-order valence-corrected chi connectivity index (χ0v) is 9.44. The Bertz CT molecular complexity index is 585. The normalized spacial score (nSPS) is 10.2. The highest BCUT2D eigenvalue weighted by Gasteiger charge is 2.15. The summed E-state index contributed by atoms with van der Waals surface area (Å²) in [4.78, 5) is 25.7. The number of carbonyl (C=O) groups is 2. The summed E-state index contributed by atoms with van der Waals surface area (Å²) in [6, 6.07) is 6.79. The Kier molecular flexibility index (Phi) is 2.82. The Labute approximate surface area is 97.3 Å². The van der Waals surface area contributed by atoms with E-state index in [9.17, 15) is 9.59 Å². The van der Waals surface area contributed by atoms with E-state index in [1.165, 1.54) is 14.2 Å². The molecule has 2 rings (SSSR count). The molecule has 88 valence electrons. The molecule has 5 nitrogen and oxygen atoms in total. The lowest BCUT2D eigenvalue weighted by Gasteiger charge is -2.00. The van der Waals surface area contributed by atoms with E-state index >= 15 is 0 Å². The molecule has 0 aliphatic heterocycles. The van der Waals surface area contributed by atoms with Gasteiger partial charge >= 0.3 is 11.9 Å². The van der Waals surface area contributed by atoms with Crippen molar-refractivity contribution < 1.29 is 19.1 Å². The number of nitrogens with one attached hydrogen (secondary N) is 1. The maximum Gasteiger partial charge on any atom is 0.354 e. The number of methoxy groups -OCH3 is 2. The maximum absolute atomic E-state index is 11.5. The molecule has 1 aromatic carbocycles. The summed E-state index contributed by atoms with van der Waals surface area (Å²) < 4.78 is 9.27. The Hall–Kier alpha value is -2.30. The summed E-state index contributed by atoms with van der Waals surface area (Å²) in [5.41, 5.74) is 1.26. The minimum Gasteiger partial charge on any atom is -0.465 e. The van der Waals surface area contributed by atoms with Crippen LogP contribution in [0.15, 0.2) is 24.3 Å². The van der Waals surface area contributed by atoms with Crippen LogP contribution in [0.3, 0.4) is 0 Å². The summed E-state index contributed by atoms with van der Waals surface area (Å²) in [5.74, 6) is -0.925. The zero-order valence-electron chi connectivity index (χ0n) is 9.44. The van der Waals surface area contributed by atoms with Crippen LogP contribution in [0, 0.1) is 0 Å². The first-order valence-corrected chi connectivity index (χ1v) is 4.95. The zero-order chi connectivity index (χ0) is 12.4. The van der Waals surface area contributed by atoms with Gasteiger partial charge in [-0.25, -0.2) is 9.59 Å². The summed E-state index contributed by atoms with van der Waals surface area (Å²) in [7, 11) is 2.61. The first-order valence-electron chi connectivity index (χ1n) is 4.95. The average Bonchev–Trinajstić information content (AvgIpc) is 2.80. The van der Waals surface area contributed by atoms with E-state index in [4.69, 9.17) is 0 Å². The highest BCUT2D eigenvalue weighted by molar-refractivity contribution is 6.05. The molecule has 0 radical (unpaired) electrons. The number of rotatable bonds is 2. The lowest BCUT2D eigenvalue weighted by molar-refractivity contribution is 0.0586. The van der Waals surface area contributed by atoms with Gasteiger partial charge < -0.3 is 14.5 Å². The summed E-state index contributed by atoms with van der Waals surface area (Å²) in [6.45, 7) is 0. The number of benzene rings is 1. The number of aromatic nitrogens is 1. The smallest absolute Gasteiger partial charge is 0.354 e. The predicted octanol–water partition coefficient (Wildman–Crippen LogP) is 1.74. The number of esters is 2. The third-order valence-corrected chi connectivity index (χ3v) is 2.47. The first-order chi connectivity index (χ1) is 8.17. The second-order valence-electron chi connectivity index (χ2n) is 3.44. The maximum atomic E-state index is 11.5. The minimum absolute atomic E-state index is 0.304. The Morgan fingerprint density at radius 1 is 1.12 bits per heavy atom. The van der Waals surface area contributed by atoms with Crippen LogP contribution in [-0.4, -0.2) is 31.1 Å². The van der Waals surface area contributed by atoms with Gasteiger partial charge in [0.2, 0.25) is 0 Å². The van der Waals surface area contributed by atoms with Crippen molar-refractivity contribution in [2.75, 3.05) is 14.2 Å². The number of carbonyl (C=O) groups excluding carboxylic acids is 2. The number of aromatic amines is 1. The predicted molar refractivity (Wildman–Crippen MR) is 61.0 cm³/mol. The van der Waals surface area contributed by atoms with Crippen molar-refractivity contribution in [2.24, 2.45) is 0 Å². The molecule has 1 N–H and O–H groups in total. The highest BCUT2D eigenvalue weighted by Crippen LogP contribution is 2.20. The van der Waals surface area contributed by atoms with Crippen molar-refractivity contribution in [1.82, 2.24) is 4.98 Å². The molecule has 0 atom stereocenters. The van der Waals surface area contributed by atoms with Crippen molar-refractivity contribution in [3.05, 3.63) is 35.5 Å². The van der Waals surface area contributed by atoms with Crippen molar-refractivity contribution >= 4 is 22.8 Å². The van der Waals surface area contributed by atoms with Crippen molar-refractivity contribution in [3.8, 4) is 0 Å². The molecule has 0 bridgehead atoms. The third kappa shape index (κ3) is 1.87. The molecule has 2 aromatic rings. The molecule has 0 saturated heterocycles. The topological polar surface area (TPSA) is 68.4 Å². The van der Waals surface area contributed by atoms with Crippen LogP contribution in [0.1, 0.15) is 20.8 Å². The molecule has 1 heterocycles. The molecular formula is C12H11NO4. The molecule has 0 spiro atoms. The molecule has 5 heteroatoms. The van der Waals surface area contributed by atoms with Crippen molar-refractivity contribution in [1.29, 1.82) is 0 Å². The van der Waals surface area contributed by atoms with Crippen LogP contribution in [0.4, 0.5) is 0 Å². The van der Waals surface area contributed by atoms with E-state index < -0.39 is 11.9 Å². The van der Waals surface area contributed by atoms with E-state index in [1.54, 1.807) is 24.3 Å². The van der Waals surface area contributed by atoms with Gasteiger partial charge in [0.05, 0.1) is 25.3 Å². The lowest BCUT2D eigenvalue weighted by Crippen LogP contribution is -2.03. The van der Waals surface area contributed by atoms with Gasteiger partial charge in [-0.15, -0.1) is 0 Å². The Balaban J connectivity index is 2.60. The summed E-state index contributed by atoms with van der Waals surface area (Å²) in [6.07, 6.45) is 0. The van der Waals surface area contributed by atoms with Crippen LogP contribution >= 0.6 is 0 Å². The molecular weight excluding hydrogens is 222 g/mol. The van der Waals surface area contributed by atoms with Crippen molar-refractivity contribution in [2.45, 2.75) is 0 Å². The van der Waals surface area contributed by atoms with E-state index in [0.717, 1.165) is 5.39 Å². The molecule has 0 amide bonds. The second-order valence-corrected chi connectivity index (χ2v) is 3.44. The van der Waals surface area contributed by atoms with Crippen LogP contribution < -0.4 is 0 Å². The van der Waals surface area contributed by atoms with Gasteiger partial charge in [0.1, 0.15) is 5.69 Å². The van der Waals surface area contributed by atoms with E-state index in [2.05, 4.69) is 14.5 Å². The standard InChI is InChI=1S/C12H11NO4/c1-16-11(14)8-5-3-4-7-6-9(12(15)17-2)13-10(7)8/h3-6,13H,1-2H3. The molecule has 0 aliphatic carbocycles. The quantitative estimate of drug-likeness (QED) is 0.802. The largest absolute Gasteiger partial charge is 0.465 e. The SMILES string of the molecule is COC(=O)c1cc2cccc(C(=O)OC)c2[nH]1. The average molecular weight is 233 g/mol. The third-order valence-electron chi connectivity index (χ3n) is 2.47.